The highest BCUT2D eigenvalue weighted by Gasteiger charge is 2.45. The SMILES string of the molecule is CC(C)(N)CNS(=O)(=O)N1CC[C@](N)(C(=O)O)C1. The summed E-state index contributed by atoms with van der Waals surface area (Å²) in [5.41, 5.74) is 9.10. The normalized spacial score (nSPS) is 26.4. The second-order valence-electron chi connectivity index (χ2n) is 5.36. The van der Waals surface area contributed by atoms with Crippen molar-refractivity contribution in [3.05, 3.63) is 0 Å². The third kappa shape index (κ3) is 3.62. The van der Waals surface area contributed by atoms with Crippen molar-refractivity contribution < 1.29 is 18.3 Å². The summed E-state index contributed by atoms with van der Waals surface area (Å²) in [4.78, 5) is 10.9. The van der Waals surface area contributed by atoms with Crippen LogP contribution in [0.4, 0.5) is 0 Å². The van der Waals surface area contributed by atoms with Gasteiger partial charge in [-0.25, -0.2) is 4.72 Å². The van der Waals surface area contributed by atoms with Crippen LogP contribution < -0.4 is 16.2 Å². The van der Waals surface area contributed by atoms with E-state index in [4.69, 9.17) is 16.6 Å². The molecule has 0 amide bonds. The fourth-order valence-electron chi connectivity index (χ4n) is 1.55. The summed E-state index contributed by atoms with van der Waals surface area (Å²) >= 11 is 0. The van der Waals surface area contributed by atoms with Crippen LogP contribution in [0.25, 0.3) is 0 Å². The van der Waals surface area contributed by atoms with Crippen LogP contribution in [0.15, 0.2) is 0 Å². The molecule has 6 N–H and O–H groups in total. The Balaban J connectivity index is 2.69. The lowest BCUT2D eigenvalue weighted by molar-refractivity contribution is -0.142. The number of hydrogen-bond donors (Lipinski definition) is 4. The second-order valence-corrected chi connectivity index (χ2v) is 7.11. The summed E-state index contributed by atoms with van der Waals surface area (Å²) < 4.78 is 27.2. The number of carbonyl (C=O) groups is 1. The summed E-state index contributed by atoms with van der Waals surface area (Å²) in [5, 5.41) is 8.93. The van der Waals surface area contributed by atoms with Gasteiger partial charge in [0.15, 0.2) is 0 Å². The molecule has 8 nitrogen and oxygen atoms in total. The molecule has 1 rings (SSSR count). The predicted molar refractivity (Wildman–Crippen MR) is 65.9 cm³/mol. The highest BCUT2D eigenvalue weighted by Crippen LogP contribution is 2.21. The molecule has 0 saturated carbocycles. The lowest BCUT2D eigenvalue weighted by atomic mass is 10.0. The molecule has 0 spiro atoms. The van der Waals surface area contributed by atoms with Crippen molar-refractivity contribution >= 4 is 16.2 Å². The Hall–Kier alpha value is -0.740. The van der Waals surface area contributed by atoms with Crippen molar-refractivity contribution in [3.8, 4) is 0 Å². The minimum absolute atomic E-state index is 0.0659. The molecule has 0 unspecified atom stereocenters. The Kier molecular flexibility index (Phi) is 4.03. The number of nitrogens with one attached hydrogen (secondary N) is 1. The van der Waals surface area contributed by atoms with Gasteiger partial charge in [0.05, 0.1) is 0 Å². The van der Waals surface area contributed by atoms with Gasteiger partial charge < -0.3 is 16.6 Å². The van der Waals surface area contributed by atoms with Gasteiger partial charge in [0.1, 0.15) is 5.54 Å². The van der Waals surface area contributed by atoms with Gasteiger partial charge in [-0.15, -0.1) is 0 Å². The smallest absolute Gasteiger partial charge is 0.325 e. The Labute approximate surface area is 106 Å². The summed E-state index contributed by atoms with van der Waals surface area (Å²) in [5.74, 6) is -1.20. The van der Waals surface area contributed by atoms with E-state index >= 15 is 0 Å². The lowest BCUT2D eigenvalue weighted by Gasteiger charge is -2.23. The quantitative estimate of drug-likeness (QED) is 0.461. The molecule has 0 aliphatic carbocycles. The predicted octanol–water partition coefficient (Wildman–Crippen LogP) is -1.95. The van der Waals surface area contributed by atoms with E-state index in [0.29, 0.717) is 0 Å². The van der Waals surface area contributed by atoms with Crippen LogP contribution in [-0.4, -0.2) is 54.5 Å². The number of hydrogen-bond acceptors (Lipinski definition) is 5. The Bertz CT molecular complexity index is 430. The monoisotopic (exact) mass is 280 g/mol. The van der Waals surface area contributed by atoms with Gasteiger partial charge in [0.2, 0.25) is 0 Å². The molecule has 0 radical (unpaired) electrons. The van der Waals surface area contributed by atoms with Crippen LogP contribution in [0.1, 0.15) is 20.3 Å². The maximum atomic E-state index is 11.9. The molecule has 0 aromatic rings. The largest absolute Gasteiger partial charge is 0.480 e. The summed E-state index contributed by atoms with van der Waals surface area (Å²) in [6, 6.07) is 0. The molecule has 0 bridgehead atoms. The van der Waals surface area contributed by atoms with E-state index in [1.165, 1.54) is 0 Å². The number of carboxylic acids is 1. The molecule has 1 heterocycles. The Morgan fingerprint density at radius 1 is 1.56 bits per heavy atom. The molecule has 9 heteroatoms. The van der Waals surface area contributed by atoms with E-state index < -0.39 is 27.3 Å². The third-order valence-electron chi connectivity index (χ3n) is 2.74. The van der Waals surface area contributed by atoms with Gasteiger partial charge in [-0.3, -0.25) is 4.79 Å². The Morgan fingerprint density at radius 2 is 2.11 bits per heavy atom. The molecule has 0 aromatic carbocycles. The first-order valence-corrected chi connectivity index (χ1v) is 6.96. The van der Waals surface area contributed by atoms with Crippen molar-refractivity contribution in [2.24, 2.45) is 11.5 Å². The van der Waals surface area contributed by atoms with Gasteiger partial charge in [-0.05, 0) is 20.3 Å². The summed E-state index contributed by atoms with van der Waals surface area (Å²) in [7, 11) is -3.74. The summed E-state index contributed by atoms with van der Waals surface area (Å²) in [6.07, 6.45) is 0.0925. The van der Waals surface area contributed by atoms with Crippen molar-refractivity contribution in [2.75, 3.05) is 19.6 Å². The van der Waals surface area contributed by atoms with Gasteiger partial charge in [-0.1, -0.05) is 0 Å². The van der Waals surface area contributed by atoms with Gasteiger partial charge >= 0.3 is 5.97 Å². The first-order chi connectivity index (χ1) is 7.96. The molecular weight excluding hydrogens is 260 g/mol. The van der Waals surface area contributed by atoms with Crippen molar-refractivity contribution in [1.82, 2.24) is 9.03 Å². The molecule has 1 fully saturated rings. The van der Waals surface area contributed by atoms with E-state index in [1.54, 1.807) is 13.8 Å². The van der Waals surface area contributed by atoms with Crippen LogP contribution >= 0.6 is 0 Å². The average molecular weight is 280 g/mol. The van der Waals surface area contributed by atoms with Crippen LogP contribution in [0.5, 0.6) is 0 Å². The van der Waals surface area contributed by atoms with Gasteiger partial charge in [0, 0.05) is 25.2 Å². The van der Waals surface area contributed by atoms with E-state index in [2.05, 4.69) is 4.72 Å². The highest BCUT2D eigenvalue weighted by atomic mass is 32.2. The van der Waals surface area contributed by atoms with Gasteiger partial charge in [0.25, 0.3) is 10.2 Å². The molecule has 1 saturated heterocycles. The lowest BCUT2D eigenvalue weighted by Crippen LogP contribution is -2.53. The highest BCUT2D eigenvalue weighted by molar-refractivity contribution is 7.87. The fourth-order valence-corrected chi connectivity index (χ4v) is 3.01. The van der Waals surface area contributed by atoms with Crippen LogP contribution in [-0.2, 0) is 15.0 Å². The van der Waals surface area contributed by atoms with E-state index in [1.807, 2.05) is 0 Å². The molecule has 1 aliphatic heterocycles. The van der Waals surface area contributed by atoms with Crippen molar-refractivity contribution in [2.45, 2.75) is 31.3 Å². The molecule has 106 valence electrons. The van der Waals surface area contributed by atoms with Crippen molar-refractivity contribution in [1.29, 1.82) is 0 Å². The van der Waals surface area contributed by atoms with E-state index in [9.17, 15) is 13.2 Å². The van der Waals surface area contributed by atoms with Crippen molar-refractivity contribution in [3.63, 3.8) is 0 Å². The summed E-state index contributed by atoms with van der Waals surface area (Å²) in [6.45, 7) is 3.29. The standard InChI is InChI=1S/C9H20N4O4S/c1-8(2,10)5-12-18(16,17)13-4-3-9(11,6-13)7(14)15/h12H,3-6,10-11H2,1-2H3,(H,14,15)/t9-/m1/s1. The topological polar surface area (TPSA) is 139 Å². The first-order valence-electron chi connectivity index (χ1n) is 5.52. The number of rotatable bonds is 5. The van der Waals surface area contributed by atoms with E-state index in [-0.39, 0.29) is 26.1 Å². The zero-order chi connectivity index (χ0) is 14.2. The van der Waals surface area contributed by atoms with Crippen LogP contribution in [0.2, 0.25) is 0 Å². The minimum atomic E-state index is -3.74. The number of aliphatic carboxylic acids is 1. The number of nitrogens with two attached hydrogens (primary N) is 2. The minimum Gasteiger partial charge on any atom is -0.480 e. The van der Waals surface area contributed by atoms with Gasteiger partial charge in [-0.2, -0.15) is 12.7 Å². The molecular formula is C9H20N4O4S. The zero-order valence-electron chi connectivity index (χ0n) is 10.5. The van der Waals surface area contributed by atoms with E-state index in [0.717, 1.165) is 4.31 Å². The third-order valence-corrected chi connectivity index (χ3v) is 4.24. The molecule has 1 aliphatic rings. The Morgan fingerprint density at radius 3 is 2.50 bits per heavy atom. The molecule has 18 heavy (non-hydrogen) atoms. The second kappa shape index (κ2) is 4.74. The number of nitrogens with zero attached hydrogens (tertiary/aromatic N) is 1. The average Bonchev–Trinajstić information content (AvgIpc) is 2.59. The molecule has 1 atom stereocenters. The number of carboxylic acid groups (broad SMARTS) is 1. The van der Waals surface area contributed by atoms with Crippen LogP contribution in [0, 0.1) is 0 Å². The maximum absolute atomic E-state index is 11.9. The fraction of sp³-hybridized carbons (Fsp3) is 0.889. The first kappa shape index (κ1) is 15.3. The maximum Gasteiger partial charge on any atom is 0.325 e. The van der Waals surface area contributed by atoms with Crippen LogP contribution in [0.3, 0.4) is 0 Å². The zero-order valence-corrected chi connectivity index (χ0v) is 11.3. The molecule has 0 aromatic heterocycles.